The highest BCUT2D eigenvalue weighted by molar-refractivity contribution is 5.73. The van der Waals surface area contributed by atoms with Gasteiger partial charge in [-0.3, -0.25) is 4.79 Å². The average molecular weight is 201 g/mol. The van der Waals surface area contributed by atoms with Gasteiger partial charge in [0.05, 0.1) is 0 Å². The van der Waals surface area contributed by atoms with E-state index in [-0.39, 0.29) is 5.91 Å². The minimum Gasteiger partial charge on any atom is -0.354 e. The van der Waals surface area contributed by atoms with Gasteiger partial charge in [-0.1, -0.05) is 40.5 Å². The predicted molar refractivity (Wildman–Crippen MR) is 63.3 cm³/mol. The summed E-state index contributed by atoms with van der Waals surface area (Å²) in [7, 11) is 0. The van der Waals surface area contributed by atoms with Gasteiger partial charge < -0.3 is 5.32 Å². The Hall–Kier alpha value is -0.530. The maximum absolute atomic E-state index is 10.7. The van der Waals surface area contributed by atoms with Gasteiger partial charge in [0.25, 0.3) is 0 Å². The van der Waals surface area contributed by atoms with Crippen LogP contribution in [-0.2, 0) is 4.79 Å². The van der Waals surface area contributed by atoms with E-state index >= 15 is 0 Å². The van der Waals surface area contributed by atoms with Crippen LogP contribution in [0, 0.1) is 5.92 Å². The zero-order valence-electron chi connectivity index (χ0n) is 10.7. The van der Waals surface area contributed by atoms with Crippen molar-refractivity contribution in [1.29, 1.82) is 0 Å². The lowest BCUT2D eigenvalue weighted by atomic mass is 9.98. The summed E-state index contributed by atoms with van der Waals surface area (Å²) in [6.45, 7) is 12.1. The molecule has 14 heavy (non-hydrogen) atoms. The van der Waals surface area contributed by atoms with E-state index in [1.165, 1.54) is 12.8 Å². The molecule has 0 saturated carbocycles. The van der Waals surface area contributed by atoms with E-state index in [2.05, 4.69) is 26.1 Å². The molecule has 2 atom stereocenters. The predicted octanol–water partition coefficient (Wildman–Crippen LogP) is 3.36. The van der Waals surface area contributed by atoms with Crippen molar-refractivity contribution in [2.45, 2.75) is 66.8 Å². The summed E-state index contributed by atoms with van der Waals surface area (Å²) < 4.78 is 0. The quantitative estimate of drug-likeness (QED) is 0.726. The maximum Gasteiger partial charge on any atom is 0.217 e. The van der Waals surface area contributed by atoms with Crippen molar-refractivity contribution in [3.63, 3.8) is 0 Å². The summed E-state index contributed by atoms with van der Waals surface area (Å²) in [5.74, 6) is 0.794. The Kier molecular flexibility index (Phi) is 12.0. The van der Waals surface area contributed by atoms with Crippen molar-refractivity contribution in [3.05, 3.63) is 0 Å². The molecule has 0 bridgehead atoms. The van der Waals surface area contributed by atoms with Crippen LogP contribution in [0.5, 0.6) is 0 Å². The number of hydrogen-bond acceptors (Lipinski definition) is 1. The van der Waals surface area contributed by atoms with Crippen molar-refractivity contribution in [2.75, 3.05) is 0 Å². The molecule has 0 aromatic carbocycles. The molecule has 0 radical (unpaired) electrons. The molecule has 0 fully saturated rings. The van der Waals surface area contributed by atoms with Gasteiger partial charge in [-0.15, -0.1) is 0 Å². The lowest BCUT2D eigenvalue weighted by molar-refractivity contribution is -0.119. The topological polar surface area (TPSA) is 29.1 Å². The summed E-state index contributed by atoms with van der Waals surface area (Å²) in [6.07, 6.45) is 3.57. The van der Waals surface area contributed by atoms with Crippen molar-refractivity contribution in [2.24, 2.45) is 5.92 Å². The molecule has 0 heterocycles. The summed E-state index contributed by atoms with van der Waals surface area (Å²) >= 11 is 0. The second-order valence-corrected chi connectivity index (χ2v) is 3.73. The fraction of sp³-hybridized carbons (Fsp3) is 0.917. The van der Waals surface area contributed by atoms with E-state index < -0.39 is 0 Å². The fourth-order valence-corrected chi connectivity index (χ4v) is 1.62. The highest BCUT2D eigenvalue weighted by atomic mass is 16.1. The molecular formula is C12H27NO. The van der Waals surface area contributed by atoms with Crippen LogP contribution in [0.25, 0.3) is 0 Å². The van der Waals surface area contributed by atoms with Gasteiger partial charge >= 0.3 is 0 Å². The van der Waals surface area contributed by atoms with Crippen LogP contribution >= 0.6 is 0 Å². The zero-order valence-corrected chi connectivity index (χ0v) is 10.7. The third-order valence-electron chi connectivity index (χ3n) is 1.99. The van der Waals surface area contributed by atoms with Crippen LogP contribution in [0.15, 0.2) is 0 Å². The van der Waals surface area contributed by atoms with Crippen LogP contribution < -0.4 is 5.32 Å². The normalized spacial score (nSPS) is 13.6. The van der Waals surface area contributed by atoms with Crippen LogP contribution in [-0.4, -0.2) is 11.9 Å². The van der Waals surface area contributed by atoms with E-state index in [0.717, 1.165) is 12.3 Å². The Labute approximate surface area is 89.5 Å². The van der Waals surface area contributed by atoms with Gasteiger partial charge in [0.15, 0.2) is 0 Å². The molecule has 1 N–H and O–H groups in total. The van der Waals surface area contributed by atoms with E-state index in [1.54, 1.807) is 6.92 Å². The maximum atomic E-state index is 10.7. The minimum atomic E-state index is 0.0752. The molecule has 2 nitrogen and oxygen atoms in total. The van der Waals surface area contributed by atoms with Gasteiger partial charge in [-0.05, 0) is 19.3 Å². The van der Waals surface area contributed by atoms with E-state index in [9.17, 15) is 4.79 Å². The molecule has 2 unspecified atom stereocenters. The number of rotatable bonds is 5. The monoisotopic (exact) mass is 201 g/mol. The Morgan fingerprint density at radius 1 is 1.29 bits per heavy atom. The Balaban J connectivity index is 0. The third kappa shape index (κ3) is 11.5. The second kappa shape index (κ2) is 10.6. The Bertz CT molecular complexity index is 134. The lowest BCUT2D eigenvalue weighted by Crippen LogP contribution is -2.31. The number of carbonyl (C=O) groups excluding carboxylic acids is 1. The number of carbonyl (C=O) groups is 1. The molecule has 0 aromatic rings. The molecule has 0 aliphatic heterocycles. The molecule has 0 aliphatic rings. The molecule has 0 aromatic heterocycles. The highest BCUT2D eigenvalue weighted by Gasteiger charge is 2.07. The van der Waals surface area contributed by atoms with Gasteiger partial charge in [0.2, 0.25) is 5.91 Å². The summed E-state index contributed by atoms with van der Waals surface area (Å²) in [5, 5.41) is 2.89. The van der Waals surface area contributed by atoms with Crippen LogP contribution in [0.4, 0.5) is 0 Å². The van der Waals surface area contributed by atoms with E-state index in [4.69, 9.17) is 0 Å². The molecule has 1 amide bonds. The largest absolute Gasteiger partial charge is 0.354 e. The molecule has 0 spiro atoms. The van der Waals surface area contributed by atoms with Crippen LogP contribution in [0.2, 0.25) is 0 Å². The Morgan fingerprint density at radius 2 is 1.79 bits per heavy atom. The molecule has 0 saturated heterocycles. The van der Waals surface area contributed by atoms with Gasteiger partial charge in [0, 0.05) is 13.0 Å². The van der Waals surface area contributed by atoms with Crippen molar-refractivity contribution >= 4 is 5.91 Å². The molecule has 2 heteroatoms. The van der Waals surface area contributed by atoms with Gasteiger partial charge in [-0.25, -0.2) is 0 Å². The van der Waals surface area contributed by atoms with Crippen molar-refractivity contribution < 1.29 is 4.79 Å². The second-order valence-electron chi connectivity index (χ2n) is 3.73. The number of hydrogen-bond donors (Lipinski definition) is 1. The molecule has 86 valence electrons. The van der Waals surface area contributed by atoms with Gasteiger partial charge in [0.1, 0.15) is 0 Å². The number of nitrogens with one attached hydrogen (secondary N) is 1. The summed E-state index contributed by atoms with van der Waals surface area (Å²) in [6, 6.07) is 0.323. The molecule has 0 rings (SSSR count). The van der Waals surface area contributed by atoms with Crippen molar-refractivity contribution in [1.82, 2.24) is 5.32 Å². The fourth-order valence-electron chi connectivity index (χ4n) is 1.62. The average Bonchev–Trinajstić information content (AvgIpc) is 2.06. The first-order valence-corrected chi connectivity index (χ1v) is 5.83. The molecular weight excluding hydrogens is 174 g/mol. The van der Waals surface area contributed by atoms with Crippen LogP contribution in [0.1, 0.15) is 60.8 Å². The number of amides is 1. The first-order valence-electron chi connectivity index (χ1n) is 5.83. The standard InChI is InChI=1S/C10H21NO.C2H6/c1-5-6-8(2)7-9(3)11-10(4)12;1-2/h8-9H,5-7H2,1-4H3,(H,11,12);1-2H3. The lowest BCUT2D eigenvalue weighted by Gasteiger charge is -2.16. The first-order chi connectivity index (χ1) is 6.56. The smallest absolute Gasteiger partial charge is 0.217 e. The van der Waals surface area contributed by atoms with E-state index in [1.807, 2.05) is 13.8 Å². The first kappa shape index (κ1) is 15.9. The van der Waals surface area contributed by atoms with E-state index in [0.29, 0.717) is 6.04 Å². The third-order valence-corrected chi connectivity index (χ3v) is 1.99. The SMILES string of the molecule is CC.CCCC(C)CC(C)NC(C)=O. The summed E-state index contributed by atoms with van der Waals surface area (Å²) in [5.41, 5.74) is 0. The zero-order chi connectivity index (χ0) is 11.6. The van der Waals surface area contributed by atoms with Gasteiger partial charge in [-0.2, -0.15) is 0 Å². The summed E-state index contributed by atoms with van der Waals surface area (Å²) in [4.78, 5) is 10.7. The van der Waals surface area contributed by atoms with Crippen LogP contribution in [0.3, 0.4) is 0 Å². The Morgan fingerprint density at radius 3 is 2.14 bits per heavy atom. The van der Waals surface area contributed by atoms with Crippen molar-refractivity contribution in [3.8, 4) is 0 Å². The highest BCUT2D eigenvalue weighted by Crippen LogP contribution is 2.11. The molecule has 0 aliphatic carbocycles. The minimum absolute atomic E-state index is 0.0752.